The van der Waals surface area contributed by atoms with E-state index in [0.717, 1.165) is 13.8 Å². The summed E-state index contributed by atoms with van der Waals surface area (Å²) < 4.78 is 3.25. The molecule has 0 aromatic carbocycles. The summed E-state index contributed by atoms with van der Waals surface area (Å²) in [7, 11) is 0. The van der Waals surface area contributed by atoms with Crippen molar-refractivity contribution in [1.82, 2.24) is 0 Å². The molecule has 2 radical (unpaired) electrons. The Morgan fingerprint density at radius 2 is 1.29 bits per heavy atom. The molecule has 5 nitrogen and oxygen atoms in total. The van der Waals surface area contributed by atoms with Crippen LogP contribution in [0.3, 0.4) is 0 Å². The van der Waals surface area contributed by atoms with Gasteiger partial charge in [0.1, 0.15) is 17.5 Å². The zero-order chi connectivity index (χ0) is 16.8. The first-order valence-electron chi connectivity index (χ1n) is 7.28. The molecule has 0 fully saturated rings. The second-order valence-electron chi connectivity index (χ2n) is 4.78. The average Bonchev–Trinajstić information content (AvgIpc) is 2.38. The normalized spacial score (nSPS) is 9.76. The molecule has 0 unspecified atom stereocenters. The zero-order valence-corrected chi connectivity index (χ0v) is 16.3. The molecule has 21 heavy (non-hydrogen) atoms. The molecule has 0 saturated heterocycles. The van der Waals surface area contributed by atoms with Crippen molar-refractivity contribution < 1.29 is 24.3 Å². The number of carboxylic acids is 1. The summed E-state index contributed by atoms with van der Waals surface area (Å²) in [6.45, 7) is 6.60. The second kappa shape index (κ2) is 14.2. The molecule has 0 bridgehead atoms. The molecular formula is C15H26O5Sn. The van der Waals surface area contributed by atoms with Gasteiger partial charge in [-0.05, 0) is 13.8 Å². The first kappa shape index (κ1) is 22.6. The minimum absolute atomic E-state index is 0.149. The molecule has 0 aromatic rings. The van der Waals surface area contributed by atoms with E-state index in [9.17, 15) is 19.2 Å². The number of hydrogen-bond acceptors (Lipinski definition) is 4. The van der Waals surface area contributed by atoms with E-state index in [1.807, 2.05) is 0 Å². The van der Waals surface area contributed by atoms with Crippen LogP contribution >= 0.6 is 0 Å². The number of hydrogen-bond donors (Lipinski definition) is 1. The molecule has 1 N–H and O–H groups in total. The maximum atomic E-state index is 10.7. The van der Waals surface area contributed by atoms with Gasteiger partial charge in [0.05, 0.1) is 0 Å². The summed E-state index contributed by atoms with van der Waals surface area (Å²) in [6.07, 6.45) is 5.84. The van der Waals surface area contributed by atoms with E-state index in [1.165, 1.54) is 25.7 Å². The van der Waals surface area contributed by atoms with Crippen LogP contribution in [0.4, 0.5) is 0 Å². The zero-order valence-electron chi connectivity index (χ0n) is 13.4. The quantitative estimate of drug-likeness (QED) is 0.261. The van der Waals surface area contributed by atoms with Gasteiger partial charge in [0.15, 0.2) is 0 Å². The van der Waals surface area contributed by atoms with Gasteiger partial charge in [0, 0.05) is 0 Å². The van der Waals surface area contributed by atoms with E-state index in [4.69, 9.17) is 5.11 Å². The first-order valence-corrected chi connectivity index (χ1v) is 11.3. The Kier molecular flexibility index (Phi) is 15.3. The predicted molar refractivity (Wildman–Crippen MR) is 82.7 cm³/mol. The molecular weight excluding hydrogens is 379 g/mol. The SMILES string of the molecule is CC(=O)C(C(C)=O)C(=O)C(=O)O.CCC[CH2][Sn][CH2]CCC. The molecule has 120 valence electrons. The van der Waals surface area contributed by atoms with E-state index in [2.05, 4.69) is 13.8 Å². The van der Waals surface area contributed by atoms with E-state index < -0.39 is 29.2 Å². The minimum atomic E-state index is -1.76. The summed E-state index contributed by atoms with van der Waals surface area (Å²) in [5.74, 6) is -6.24. The van der Waals surface area contributed by atoms with Crippen molar-refractivity contribution in [3.63, 3.8) is 0 Å². The van der Waals surface area contributed by atoms with Gasteiger partial charge in [-0.3, -0.25) is 14.4 Å². The Bertz CT molecular complexity index is 332. The Morgan fingerprint density at radius 3 is 1.48 bits per heavy atom. The molecule has 6 heteroatoms. The summed E-state index contributed by atoms with van der Waals surface area (Å²) in [5, 5.41) is 8.20. The third kappa shape index (κ3) is 12.7. The van der Waals surface area contributed by atoms with Crippen LogP contribution in [0.5, 0.6) is 0 Å². The monoisotopic (exact) mass is 406 g/mol. The van der Waals surface area contributed by atoms with E-state index in [-0.39, 0.29) is 21.1 Å². The van der Waals surface area contributed by atoms with Gasteiger partial charge in [0.2, 0.25) is 0 Å². The Labute approximate surface area is 137 Å². The number of aliphatic carboxylic acids is 1. The standard InChI is InChI=1S/C7H8O5.2C4H9.Sn/c1-3(8)5(4(2)9)6(10)7(11)12;2*1-3-4-2;/h5H,1-2H3,(H,11,12);2*1,3-4H2,2H3;. The van der Waals surface area contributed by atoms with Crippen LogP contribution in [0.2, 0.25) is 8.87 Å². The molecule has 0 aliphatic rings. The van der Waals surface area contributed by atoms with E-state index in [1.54, 1.807) is 8.87 Å². The number of carbonyl (C=O) groups is 4. The van der Waals surface area contributed by atoms with Gasteiger partial charge in [0.25, 0.3) is 5.78 Å². The molecule has 0 aliphatic heterocycles. The van der Waals surface area contributed by atoms with Crippen LogP contribution in [0, 0.1) is 5.92 Å². The van der Waals surface area contributed by atoms with Crippen LogP contribution in [-0.2, 0) is 19.2 Å². The van der Waals surface area contributed by atoms with Crippen LogP contribution < -0.4 is 0 Å². The third-order valence-electron chi connectivity index (χ3n) is 2.70. The number of ketones is 3. The molecule has 0 saturated carbocycles. The fraction of sp³-hybridized carbons (Fsp3) is 0.733. The predicted octanol–water partition coefficient (Wildman–Crippen LogP) is 2.56. The average molecular weight is 405 g/mol. The van der Waals surface area contributed by atoms with Crippen molar-refractivity contribution in [2.24, 2.45) is 5.92 Å². The Morgan fingerprint density at radius 1 is 0.905 bits per heavy atom. The molecule has 0 aromatic heterocycles. The third-order valence-corrected chi connectivity index (χ3v) is 6.74. The summed E-state index contributed by atoms with van der Waals surface area (Å²) >= 11 is 0.149. The van der Waals surface area contributed by atoms with Crippen LogP contribution in [0.25, 0.3) is 0 Å². The van der Waals surface area contributed by atoms with Crippen molar-refractivity contribution in [1.29, 1.82) is 0 Å². The number of carboxylic acid groups (broad SMARTS) is 1. The fourth-order valence-corrected chi connectivity index (χ4v) is 5.67. The number of carbonyl (C=O) groups excluding carboxylic acids is 3. The number of Topliss-reactive ketones (excluding diaryl/α,β-unsaturated/α-hetero) is 3. The molecule has 0 aliphatic carbocycles. The summed E-state index contributed by atoms with van der Waals surface area (Å²) in [4.78, 5) is 42.0. The Balaban J connectivity index is 0. The molecule has 0 spiro atoms. The number of unbranched alkanes of at least 4 members (excludes halogenated alkanes) is 2. The topological polar surface area (TPSA) is 88.5 Å². The fourth-order valence-electron chi connectivity index (χ4n) is 1.51. The van der Waals surface area contributed by atoms with E-state index in [0.29, 0.717) is 0 Å². The van der Waals surface area contributed by atoms with Crippen molar-refractivity contribution in [2.75, 3.05) is 0 Å². The van der Waals surface area contributed by atoms with Crippen LogP contribution in [0.1, 0.15) is 53.4 Å². The second-order valence-corrected chi connectivity index (χ2v) is 9.06. The van der Waals surface area contributed by atoms with Crippen molar-refractivity contribution in [3.8, 4) is 0 Å². The number of rotatable bonds is 10. The summed E-state index contributed by atoms with van der Waals surface area (Å²) in [5.41, 5.74) is 0. The van der Waals surface area contributed by atoms with Gasteiger partial charge < -0.3 is 5.11 Å². The van der Waals surface area contributed by atoms with Crippen molar-refractivity contribution in [2.45, 2.75) is 62.3 Å². The van der Waals surface area contributed by atoms with E-state index >= 15 is 0 Å². The Hall–Kier alpha value is -0.721. The molecule has 0 amide bonds. The van der Waals surface area contributed by atoms with Crippen LogP contribution in [0.15, 0.2) is 0 Å². The molecule has 0 atom stereocenters. The molecule has 0 heterocycles. The van der Waals surface area contributed by atoms with Gasteiger partial charge in [-0.2, -0.15) is 0 Å². The first-order chi connectivity index (χ1) is 9.79. The molecule has 0 rings (SSSR count). The van der Waals surface area contributed by atoms with Crippen molar-refractivity contribution >= 4 is 44.5 Å². The van der Waals surface area contributed by atoms with Crippen molar-refractivity contribution in [3.05, 3.63) is 0 Å². The maximum absolute atomic E-state index is 10.7. The van der Waals surface area contributed by atoms with Crippen LogP contribution in [-0.4, -0.2) is 49.6 Å². The van der Waals surface area contributed by atoms with Gasteiger partial charge >= 0.3 is 75.5 Å². The van der Waals surface area contributed by atoms with Gasteiger partial charge in [-0.15, -0.1) is 0 Å². The van der Waals surface area contributed by atoms with Gasteiger partial charge in [-0.1, -0.05) is 0 Å². The summed E-state index contributed by atoms with van der Waals surface area (Å²) in [6, 6.07) is 0. The van der Waals surface area contributed by atoms with Gasteiger partial charge in [-0.25, -0.2) is 4.79 Å².